The first kappa shape index (κ1) is 12.2. The van der Waals surface area contributed by atoms with Gasteiger partial charge in [0.05, 0.1) is 17.3 Å². The van der Waals surface area contributed by atoms with E-state index in [-0.39, 0.29) is 17.7 Å². The quantitative estimate of drug-likeness (QED) is 0.904. The standard InChI is InChI=1S/C10H5BrFN3O/c11-7-3-6(5-14)8(12)4-9(7)15-10(16)1-2-13/h3-4H,1H2,(H,15,16). The molecule has 16 heavy (non-hydrogen) atoms. The normalized spacial score (nSPS) is 9.00. The first-order chi connectivity index (χ1) is 7.58. The number of amides is 1. The topological polar surface area (TPSA) is 76.7 Å². The van der Waals surface area contributed by atoms with Crippen molar-refractivity contribution in [3.05, 3.63) is 28.0 Å². The Morgan fingerprint density at radius 2 is 2.19 bits per heavy atom. The molecule has 0 radical (unpaired) electrons. The fourth-order valence-corrected chi connectivity index (χ4v) is 1.44. The number of halogens is 2. The fraction of sp³-hybridized carbons (Fsp3) is 0.100. The van der Waals surface area contributed by atoms with Crippen LogP contribution >= 0.6 is 15.9 Å². The molecule has 0 saturated heterocycles. The Bertz CT molecular complexity index is 516. The van der Waals surface area contributed by atoms with Crippen LogP contribution in [0.15, 0.2) is 16.6 Å². The molecule has 4 nitrogen and oxygen atoms in total. The molecule has 0 unspecified atom stereocenters. The van der Waals surface area contributed by atoms with Crippen LogP contribution in [0.1, 0.15) is 12.0 Å². The number of carbonyl (C=O) groups is 1. The molecule has 80 valence electrons. The summed E-state index contributed by atoms with van der Waals surface area (Å²) in [7, 11) is 0. The lowest BCUT2D eigenvalue weighted by Gasteiger charge is -2.06. The first-order valence-electron chi connectivity index (χ1n) is 4.14. The molecule has 1 rings (SSSR count). The fourth-order valence-electron chi connectivity index (χ4n) is 0.995. The minimum Gasteiger partial charge on any atom is -0.324 e. The number of nitrogens with one attached hydrogen (secondary N) is 1. The van der Waals surface area contributed by atoms with Gasteiger partial charge in [-0.2, -0.15) is 10.5 Å². The van der Waals surface area contributed by atoms with E-state index >= 15 is 0 Å². The predicted molar refractivity (Wildman–Crippen MR) is 57.7 cm³/mol. The van der Waals surface area contributed by atoms with Gasteiger partial charge in [-0.1, -0.05) is 0 Å². The number of carbonyl (C=O) groups excluding carboxylic acids is 1. The zero-order valence-corrected chi connectivity index (χ0v) is 9.51. The van der Waals surface area contributed by atoms with E-state index in [1.807, 2.05) is 0 Å². The average molecular weight is 282 g/mol. The Hall–Kier alpha value is -1.92. The van der Waals surface area contributed by atoms with Crippen molar-refractivity contribution in [3.63, 3.8) is 0 Å². The first-order valence-corrected chi connectivity index (χ1v) is 4.93. The molecule has 0 aromatic heterocycles. The minimum absolute atomic E-state index is 0.120. The van der Waals surface area contributed by atoms with Crippen molar-refractivity contribution < 1.29 is 9.18 Å². The molecule has 6 heteroatoms. The van der Waals surface area contributed by atoms with E-state index in [9.17, 15) is 9.18 Å². The van der Waals surface area contributed by atoms with Gasteiger partial charge >= 0.3 is 0 Å². The van der Waals surface area contributed by atoms with Crippen LogP contribution in [-0.2, 0) is 4.79 Å². The van der Waals surface area contributed by atoms with Crippen LogP contribution in [0, 0.1) is 28.5 Å². The summed E-state index contributed by atoms with van der Waals surface area (Å²) < 4.78 is 13.6. The van der Waals surface area contributed by atoms with Crippen molar-refractivity contribution in [2.24, 2.45) is 0 Å². The van der Waals surface area contributed by atoms with Crippen LogP contribution < -0.4 is 5.32 Å². The van der Waals surface area contributed by atoms with E-state index in [2.05, 4.69) is 21.2 Å². The smallest absolute Gasteiger partial charge is 0.238 e. The SMILES string of the molecule is N#CCC(=O)Nc1cc(F)c(C#N)cc1Br. The maximum absolute atomic E-state index is 13.2. The third-order valence-electron chi connectivity index (χ3n) is 1.69. The number of rotatable bonds is 2. The highest BCUT2D eigenvalue weighted by Crippen LogP contribution is 2.25. The summed E-state index contributed by atoms with van der Waals surface area (Å²) in [6.07, 6.45) is -0.311. The molecule has 0 aliphatic rings. The van der Waals surface area contributed by atoms with Crippen molar-refractivity contribution in [1.29, 1.82) is 10.5 Å². The molecule has 1 aromatic rings. The summed E-state index contributed by atoms with van der Waals surface area (Å²) in [6.45, 7) is 0. The maximum Gasteiger partial charge on any atom is 0.238 e. The Morgan fingerprint density at radius 1 is 1.50 bits per heavy atom. The molecule has 0 heterocycles. The maximum atomic E-state index is 13.2. The third-order valence-corrected chi connectivity index (χ3v) is 2.35. The predicted octanol–water partition coefficient (Wildman–Crippen LogP) is 2.31. The second kappa shape index (κ2) is 5.24. The number of hydrogen-bond acceptors (Lipinski definition) is 3. The van der Waals surface area contributed by atoms with Gasteiger partial charge in [0.25, 0.3) is 0 Å². The summed E-state index contributed by atoms with van der Waals surface area (Å²) in [5.74, 6) is -1.26. The van der Waals surface area contributed by atoms with Crippen molar-refractivity contribution >= 4 is 27.5 Å². The minimum atomic E-state index is -0.724. The second-order valence-electron chi connectivity index (χ2n) is 2.81. The van der Waals surface area contributed by atoms with E-state index in [1.165, 1.54) is 6.07 Å². The number of benzene rings is 1. The number of nitriles is 2. The third kappa shape index (κ3) is 2.78. The summed E-state index contributed by atoms with van der Waals surface area (Å²) in [6, 6.07) is 5.63. The summed E-state index contributed by atoms with van der Waals surface area (Å²) in [4.78, 5) is 11.1. The van der Waals surface area contributed by atoms with E-state index in [4.69, 9.17) is 10.5 Å². The summed E-state index contributed by atoms with van der Waals surface area (Å²) >= 11 is 3.09. The average Bonchev–Trinajstić information content (AvgIpc) is 2.23. The van der Waals surface area contributed by atoms with Gasteiger partial charge in [0.1, 0.15) is 18.3 Å². The van der Waals surface area contributed by atoms with E-state index < -0.39 is 11.7 Å². The Balaban J connectivity index is 3.00. The largest absolute Gasteiger partial charge is 0.324 e. The molecule has 0 bridgehead atoms. The lowest BCUT2D eigenvalue weighted by molar-refractivity contribution is -0.115. The van der Waals surface area contributed by atoms with Crippen LogP contribution in [0.3, 0.4) is 0 Å². The van der Waals surface area contributed by atoms with Crippen LogP contribution in [0.25, 0.3) is 0 Å². The van der Waals surface area contributed by atoms with Crippen molar-refractivity contribution in [3.8, 4) is 12.1 Å². The Morgan fingerprint density at radius 3 is 2.75 bits per heavy atom. The van der Waals surface area contributed by atoms with Gasteiger partial charge in [0.15, 0.2) is 0 Å². The molecule has 0 aliphatic carbocycles. The van der Waals surface area contributed by atoms with Crippen LogP contribution in [0.2, 0.25) is 0 Å². The van der Waals surface area contributed by atoms with Gasteiger partial charge in [-0.25, -0.2) is 4.39 Å². The number of hydrogen-bond donors (Lipinski definition) is 1. The van der Waals surface area contributed by atoms with Crippen LogP contribution in [-0.4, -0.2) is 5.91 Å². The van der Waals surface area contributed by atoms with Crippen molar-refractivity contribution in [1.82, 2.24) is 0 Å². The van der Waals surface area contributed by atoms with E-state index in [0.29, 0.717) is 4.47 Å². The molecular weight excluding hydrogens is 277 g/mol. The Kier molecular flexibility index (Phi) is 3.98. The van der Waals surface area contributed by atoms with Gasteiger partial charge in [-0.05, 0) is 28.1 Å². The molecule has 1 aromatic carbocycles. The molecule has 0 saturated carbocycles. The van der Waals surface area contributed by atoms with Gasteiger partial charge in [0.2, 0.25) is 5.91 Å². The summed E-state index contributed by atoms with van der Waals surface area (Å²) in [5.41, 5.74) is 0.0712. The van der Waals surface area contributed by atoms with Crippen molar-refractivity contribution in [2.75, 3.05) is 5.32 Å². The van der Waals surface area contributed by atoms with Crippen LogP contribution in [0.5, 0.6) is 0 Å². The Labute approximate surface area is 99.4 Å². The zero-order valence-electron chi connectivity index (χ0n) is 7.92. The highest BCUT2D eigenvalue weighted by molar-refractivity contribution is 9.10. The molecule has 0 aliphatic heterocycles. The van der Waals surface area contributed by atoms with Gasteiger partial charge in [0, 0.05) is 4.47 Å². The van der Waals surface area contributed by atoms with Gasteiger partial charge in [-0.15, -0.1) is 0 Å². The number of nitrogens with zero attached hydrogens (tertiary/aromatic N) is 2. The highest BCUT2D eigenvalue weighted by atomic mass is 79.9. The van der Waals surface area contributed by atoms with Gasteiger partial charge < -0.3 is 5.32 Å². The lowest BCUT2D eigenvalue weighted by atomic mass is 10.2. The highest BCUT2D eigenvalue weighted by Gasteiger charge is 2.10. The molecule has 1 amide bonds. The lowest BCUT2D eigenvalue weighted by Crippen LogP contribution is -2.11. The van der Waals surface area contributed by atoms with Gasteiger partial charge in [-0.3, -0.25) is 4.79 Å². The van der Waals surface area contributed by atoms with Crippen molar-refractivity contribution in [2.45, 2.75) is 6.42 Å². The monoisotopic (exact) mass is 281 g/mol. The van der Waals surface area contributed by atoms with Crippen LogP contribution in [0.4, 0.5) is 10.1 Å². The second-order valence-corrected chi connectivity index (χ2v) is 3.66. The molecule has 0 spiro atoms. The van der Waals surface area contributed by atoms with E-state index in [1.54, 1.807) is 12.1 Å². The molecular formula is C10H5BrFN3O. The summed E-state index contributed by atoms with van der Waals surface area (Å²) in [5, 5.41) is 19.2. The molecule has 0 fully saturated rings. The zero-order chi connectivity index (χ0) is 12.1. The molecule has 1 N–H and O–H groups in total. The molecule has 0 atom stereocenters. The number of anilines is 1. The van der Waals surface area contributed by atoms with E-state index in [0.717, 1.165) is 6.07 Å².